The maximum Gasteiger partial charge on any atom is 0.338 e. The number of nitrogen functional groups attached to an aromatic ring is 1. The standard InChI is InChI=1S/C17H23N5O6S2/c1-3-4-5-28-21-10(9-6-29-16(18)19-9)12(23)20-11-13(24)22-7-17(27-2,15(25)26)8-30-14(11)22/h6,11,14H,3-5,7-8H2,1-2H3,(H2,18,19)(H,20,23)(H,25,26)/t11?,14-,17?/m1/s1. The number of β-lactam (4-membered cyclic amide) rings is 1. The predicted molar refractivity (Wildman–Crippen MR) is 111 cm³/mol. The highest BCUT2D eigenvalue weighted by Gasteiger charge is 2.58. The molecule has 1 aromatic rings. The first-order valence-corrected chi connectivity index (χ1v) is 11.2. The summed E-state index contributed by atoms with van der Waals surface area (Å²) in [6.07, 6.45) is 1.68. The van der Waals surface area contributed by atoms with Crippen LogP contribution in [0.15, 0.2) is 10.5 Å². The molecule has 3 atom stereocenters. The number of rotatable bonds is 9. The number of amides is 2. The second kappa shape index (κ2) is 9.18. The largest absolute Gasteiger partial charge is 0.479 e. The highest BCUT2D eigenvalue weighted by molar-refractivity contribution is 8.00. The first-order chi connectivity index (χ1) is 14.3. The molecule has 2 amide bonds. The summed E-state index contributed by atoms with van der Waals surface area (Å²) < 4.78 is 5.16. The van der Waals surface area contributed by atoms with E-state index in [1.165, 1.54) is 23.8 Å². The summed E-state index contributed by atoms with van der Waals surface area (Å²) in [6.45, 7) is 2.27. The van der Waals surface area contributed by atoms with Crippen LogP contribution in [0.5, 0.6) is 0 Å². The van der Waals surface area contributed by atoms with Gasteiger partial charge in [0.05, 0.1) is 6.54 Å². The number of carboxylic acids is 1. The number of aromatic nitrogens is 1. The number of oxime groups is 1. The Morgan fingerprint density at radius 2 is 2.30 bits per heavy atom. The molecule has 0 saturated carbocycles. The maximum atomic E-state index is 12.8. The number of hydrogen-bond donors (Lipinski definition) is 3. The molecular weight excluding hydrogens is 434 g/mol. The Labute approximate surface area is 181 Å². The Morgan fingerprint density at radius 3 is 2.90 bits per heavy atom. The van der Waals surface area contributed by atoms with E-state index in [0.717, 1.165) is 24.2 Å². The second-order valence-corrected chi connectivity index (χ2v) is 8.81. The lowest BCUT2D eigenvalue weighted by Crippen LogP contribution is -2.75. The molecule has 13 heteroatoms. The van der Waals surface area contributed by atoms with E-state index in [1.807, 2.05) is 6.92 Å². The summed E-state index contributed by atoms with van der Waals surface area (Å²) in [5.41, 5.74) is 4.40. The Balaban J connectivity index is 1.69. The topological polar surface area (TPSA) is 156 Å². The van der Waals surface area contributed by atoms with Crippen molar-refractivity contribution in [3.05, 3.63) is 11.1 Å². The molecule has 3 rings (SSSR count). The number of nitrogens with zero attached hydrogens (tertiary/aromatic N) is 3. The van der Waals surface area contributed by atoms with Crippen molar-refractivity contribution in [2.75, 3.05) is 31.7 Å². The highest BCUT2D eigenvalue weighted by Crippen LogP contribution is 2.39. The van der Waals surface area contributed by atoms with E-state index < -0.39 is 23.5 Å². The molecular formula is C17H23N5O6S2. The van der Waals surface area contributed by atoms with Crippen molar-refractivity contribution in [1.29, 1.82) is 0 Å². The quantitative estimate of drug-likeness (QED) is 0.203. The lowest BCUT2D eigenvalue weighted by molar-refractivity contribution is -0.170. The molecule has 2 unspecified atom stereocenters. The van der Waals surface area contributed by atoms with Gasteiger partial charge in [-0.2, -0.15) is 0 Å². The molecule has 2 aliphatic heterocycles. The Morgan fingerprint density at radius 1 is 1.53 bits per heavy atom. The van der Waals surface area contributed by atoms with Gasteiger partial charge in [0, 0.05) is 18.2 Å². The molecule has 4 N–H and O–H groups in total. The van der Waals surface area contributed by atoms with Crippen LogP contribution < -0.4 is 11.1 Å². The number of thioether (sulfide) groups is 1. The van der Waals surface area contributed by atoms with Gasteiger partial charge in [-0.1, -0.05) is 18.5 Å². The summed E-state index contributed by atoms with van der Waals surface area (Å²) >= 11 is 2.40. The number of nitrogens with one attached hydrogen (secondary N) is 1. The number of fused-ring (bicyclic) bond motifs is 1. The van der Waals surface area contributed by atoms with E-state index in [0.29, 0.717) is 6.61 Å². The highest BCUT2D eigenvalue weighted by atomic mass is 32.2. The minimum Gasteiger partial charge on any atom is -0.479 e. The van der Waals surface area contributed by atoms with Crippen molar-refractivity contribution < 1.29 is 29.1 Å². The molecule has 0 spiro atoms. The van der Waals surface area contributed by atoms with Crippen molar-refractivity contribution >= 4 is 51.7 Å². The molecule has 3 heterocycles. The zero-order chi connectivity index (χ0) is 21.9. The summed E-state index contributed by atoms with van der Waals surface area (Å²) in [4.78, 5) is 47.6. The molecule has 30 heavy (non-hydrogen) atoms. The molecule has 2 aliphatic rings. The first kappa shape index (κ1) is 22.3. The molecule has 11 nitrogen and oxygen atoms in total. The smallest absolute Gasteiger partial charge is 0.338 e. The van der Waals surface area contributed by atoms with Crippen LogP contribution in [0.3, 0.4) is 0 Å². The van der Waals surface area contributed by atoms with Crippen LogP contribution in [0.2, 0.25) is 0 Å². The SMILES string of the molecule is CCCCON=C(C(=O)NC1C(=O)N2CC(OC)(C(=O)O)CS[C@H]12)c1csc(N)n1. The number of methoxy groups -OCH3 is 1. The van der Waals surface area contributed by atoms with Gasteiger partial charge in [0.1, 0.15) is 23.7 Å². The van der Waals surface area contributed by atoms with Crippen LogP contribution >= 0.6 is 23.1 Å². The predicted octanol–water partition coefficient (Wildman–Crippen LogP) is 0.116. The lowest BCUT2D eigenvalue weighted by Gasteiger charge is -2.53. The number of anilines is 1. The van der Waals surface area contributed by atoms with Crippen LogP contribution in [-0.4, -0.2) is 81.5 Å². The molecule has 0 aliphatic carbocycles. The van der Waals surface area contributed by atoms with Crippen LogP contribution in [0.25, 0.3) is 0 Å². The van der Waals surface area contributed by atoms with Crippen molar-refractivity contribution in [3.8, 4) is 0 Å². The number of carboxylic acid groups (broad SMARTS) is 1. The molecule has 164 valence electrons. The Kier molecular flexibility index (Phi) is 6.83. The molecule has 0 aromatic carbocycles. The summed E-state index contributed by atoms with van der Waals surface area (Å²) in [5.74, 6) is -1.97. The number of aliphatic carboxylic acids is 1. The maximum absolute atomic E-state index is 12.8. The van der Waals surface area contributed by atoms with E-state index in [1.54, 1.807) is 5.38 Å². The number of hydrogen-bond acceptors (Lipinski definition) is 10. The van der Waals surface area contributed by atoms with Gasteiger partial charge in [0.2, 0.25) is 5.91 Å². The fourth-order valence-electron chi connectivity index (χ4n) is 3.02. The molecule has 1 aromatic heterocycles. The van der Waals surface area contributed by atoms with E-state index >= 15 is 0 Å². The fraction of sp³-hybridized carbons (Fsp3) is 0.588. The average molecular weight is 458 g/mol. The molecule has 0 bridgehead atoms. The summed E-state index contributed by atoms with van der Waals surface area (Å²) in [6, 6.07) is -0.803. The molecule has 0 radical (unpaired) electrons. The zero-order valence-electron chi connectivity index (χ0n) is 16.5. The molecule has 2 saturated heterocycles. The third-order valence-electron chi connectivity index (χ3n) is 4.85. The fourth-order valence-corrected chi connectivity index (χ4v) is 5.08. The van der Waals surface area contributed by atoms with Gasteiger partial charge in [-0.05, 0) is 6.42 Å². The van der Waals surface area contributed by atoms with E-state index in [-0.39, 0.29) is 40.1 Å². The number of carbonyl (C=O) groups excluding carboxylic acids is 2. The zero-order valence-corrected chi connectivity index (χ0v) is 18.1. The van der Waals surface area contributed by atoms with Crippen molar-refractivity contribution in [2.45, 2.75) is 36.8 Å². The van der Waals surface area contributed by atoms with Crippen molar-refractivity contribution in [2.24, 2.45) is 5.16 Å². The normalized spacial score (nSPS) is 26.0. The van der Waals surface area contributed by atoms with Crippen LogP contribution in [0.4, 0.5) is 5.13 Å². The van der Waals surface area contributed by atoms with E-state index in [2.05, 4.69) is 15.5 Å². The van der Waals surface area contributed by atoms with Crippen LogP contribution in [-0.2, 0) is 24.0 Å². The van der Waals surface area contributed by atoms with Crippen molar-refractivity contribution in [3.63, 3.8) is 0 Å². The average Bonchev–Trinajstić information content (AvgIpc) is 3.16. The number of thiazole rings is 1. The minimum atomic E-state index is -1.45. The second-order valence-electron chi connectivity index (χ2n) is 6.82. The van der Waals surface area contributed by atoms with Crippen LogP contribution in [0.1, 0.15) is 25.5 Å². The minimum absolute atomic E-state index is 0.0668. The Hall–Kier alpha value is -2.38. The molecule has 2 fully saturated rings. The van der Waals surface area contributed by atoms with Gasteiger partial charge < -0.3 is 30.6 Å². The summed E-state index contributed by atoms with van der Waals surface area (Å²) in [7, 11) is 1.30. The van der Waals surface area contributed by atoms with Gasteiger partial charge in [0.15, 0.2) is 16.4 Å². The number of nitrogens with two attached hydrogens (primary N) is 1. The monoisotopic (exact) mass is 457 g/mol. The lowest BCUT2D eigenvalue weighted by atomic mass is 9.99. The van der Waals surface area contributed by atoms with Gasteiger partial charge in [-0.25, -0.2) is 9.78 Å². The first-order valence-electron chi connectivity index (χ1n) is 9.25. The number of ether oxygens (including phenoxy) is 1. The number of carbonyl (C=O) groups is 3. The Bertz CT molecular complexity index is 861. The summed E-state index contributed by atoms with van der Waals surface area (Å²) in [5, 5.41) is 17.5. The van der Waals surface area contributed by atoms with Gasteiger partial charge in [-0.3, -0.25) is 9.59 Å². The third kappa shape index (κ3) is 4.23. The van der Waals surface area contributed by atoms with Crippen molar-refractivity contribution in [1.82, 2.24) is 15.2 Å². The van der Waals surface area contributed by atoms with Gasteiger partial charge in [-0.15, -0.1) is 23.1 Å². The van der Waals surface area contributed by atoms with Crippen LogP contribution in [0, 0.1) is 0 Å². The third-order valence-corrected chi connectivity index (χ3v) is 7.02. The number of unbranched alkanes of at least 4 members (excludes halogenated alkanes) is 1. The van der Waals surface area contributed by atoms with Gasteiger partial charge in [0.25, 0.3) is 5.91 Å². The van der Waals surface area contributed by atoms with E-state index in [4.69, 9.17) is 15.3 Å². The van der Waals surface area contributed by atoms with E-state index in [9.17, 15) is 19.5 Å². The van der Waals surface area contributed by atoms with Gasteiger partial charge >= 0.3 is 5.97 Å².